The van der Waals surface area contributed by atoms with Crippen LogP contribution in [0.5, 0.6) is 5.75 Å². The predicted octanol–water partition coefficient (Wildman–Crippen LogP) is 4.24. The van der Waals surface area contributed by atoms with E-state index in [1.165, 1.54) is 6.08 Å². The van der Waals surface area contributed by atoms with Crippen LogP contribution in [0, 0.1) is 0 Å². The van der Waals surface area contributed by atoms with Gasteiger partial charge in [0, 0.05) is 19.2 Å². The molecule has 6 nitrogen and oxygen atoms in total. The number of rotatable bonds is 5. The van der Waals surface area contributed by atoms with Crippen LogP contribution >= 0.6 is 12.2 Å². The lowest BCUT2D eigenvalue weighted by molar-refractivity contribution is -0.115. The van der Waals surface area contributed by atoms with E-state index in [9.17, 15) is 9.59 Å². The van der Waals surface area contributed by atoms with Crippen molar-refractivity contribution >= 4 is 40.9 Å². The van der Waals surface area contributed by atoms with Crippen molar-refractivity contribution in [2.45, 2.75) is 25.7 Å². The summed E-state index contributed by atoms with van der Waals surface area (Å²) in [5, 5.41) is 5.75. The van der Waals surface area contributed by atoms with Gasteiger partial charge in [0.05, 0.1) is 18.4 Å². The molecule has 0 aliphatic carbocycles. The SMILES string of the molecule is COc1ccc(/C=C/C(=O)NC(=S)Nc2ccccc2C(=O)N2CCCCCC2)cc1. The fourth-order valence-corrected chi connectivity index (χ4v) is 3.63. The summed E-state index contributed by atoms with van der Waals surface area (Å²) in [5.41, 5.74) is 2.00. The summed E-state index contributed by atoms with van der Waals surface area (Å²) < 4.78 is 5.12. The molecule has 1 aliphatic heterocycles. The molecule has 1 aliphatic rings. The minimum atomic E-state index is -0.357. The molecular formula is C24H27N3O3S. The Labute approximate surface area is 188 Å². The predicted molar refractivity (Wildman–Crippen MR) is 127 cm³/mol. The van der Waals surface area contributed by atoms with Crippen molar-refractivity contribution < 1.29 is 14.3 Å². The standard InChI is InChI=1S/C24H27N3O3S/c1-30-19-13-10-18(11-14-19)12-15-22(28)26-24(31)25-21-9-5-4-8-20(21)23(29)27-16-6-2-3-7-17-27/h4-5,8-15H,2-3,6-7,16-17H2,1H3,(H2,25,26,28,31)/b15-12+. The number of nitrogens with one attached hydrogen (secondary N) is 2. The highest BCUT2D eigenvalue weighted by molar-refractivity contribution is 7.80. The number of carbonyl (C=O) groups excluding carboxylic acids is 2. The number of hydrogen-bond donors (Lipinski definition) is 2. The molecule has 0 unspecified atom stereocenters. The van der Waals surface area contributed by atoms with Crippen LogP contribution in [-0.2, 0) is 4.79 Å². The average molecular weight is 438 g/mol. The number of carbonyl (C=O) groups is 2. The Morgan fingerprint density at radius 3 is 2.35 bits per heavy atom. The molecule has 2 N–H and O–H groups in total. The van der Waals surface area contributed by atoms with Crippen LogP contribution in [0.2, 0.25) is 0 Å². The van der Waals surface area contributed by atoms with Gasteiger partial charge < -0.3 is 15.0 Å². The van der Waals surface area contributed by atoms with Gasteiger partial charge in [0.2, 0.25) is 5.91 Å². The zero-order chi connectivity index (χ0) is 22.1. The Kier molecular flexibility index (Phi) is 8.18. The second-order valence-corrected chi connectivity index (χ2v) is 7.71. The molecule has 7 heteroatoms. The fourth-order valence-electron chi connectivity index (χ4n) is 3.42. The maximum absolute atomic E-state index is 13.0. The van der Waals surface area contributed by atoms with Gasteiger partial charge >= 0.3 is 0 Å². The normalized spacial score (nSPS) is 14.0. The van der Waals surface area contributed by atoms with Gasteiger partial charge in [-0.1, -0.05) is 37.1 Å². The molecule has 3 rings (SSSR count). The molecule has 0 radical (unpaired) electrons. The molecule has 0 spiro atoms. The molecule has 2 amide bonds. The van der Waals surface area contributed by atoms with E-state index < -0.39 is 0 Å². The summed E-state index contributed by atoms with van der Waals surface area (Å²) in [7, 11) is 1.60. The number of para-hydroxylation sites is 1. The second kappa shape index (κ2) is 11.3. The van der Waals surface area contributed by atoms with Crippen LogP contribution in [0.25, 0.3) is 6.08 Å². The summed E-state index contributed by atoms with van der Waals surface area (Å²) >= 11 is 5.28. The quantitative estimate of drug-likeness (QED) is 0.541. The van der Waals surface area contributed by atoms with Crippen molar-refractivity contribution in [2.24, 2.45) is 0 Å². The van der Waals surface area contributed by atoms with E-state index in [2.05, 4.69) is 10.6 Å². The first-order chi connectivity index (χ1) is 15.1. The van der Waals surface area contributed by atoms with E-state index in [1.807, 2.05) is 41.3 Å². The van der Waals surface area contributed by atoms with E-state index in [0.717, 1.165) is 50.1 Å². The zero-order valence-electron chi connectivity index (χ0n) is 17.6. The first-order valence-corrected chi connectivity index (χ1v) is 10.8. The smallest absolute Gasteiger partial charge is 0.255 e. The third-order valence-electron chi connectivity index (χ3n) is 5.08. The molecule has 1 saturated heterocycles. The number of thiocarbonyl (C=S) groups is 1. The fraction of sp³-hybridized carbons (Fsp3) is 0.292. The Morgan fingerprint density at radius 1 is 1.00 bits per heavy atom. The molecule has 0 saturated carbocycles. The minimum absolute atomic E-state index is 0.0153. The van der Waals surface area contributed by atoms with Crippen molar-refractivity contribution in [2.75, 3.05) is 25.5 Å². The van der Waals surface area contributed by atoms with Crippen molar-refractivity contribution in [1.29, 1.82) is 0 Å². The van der Waals surface area contributed by atoms with Crippen molar-refractivity contribution in [3.05, 3.63) is 65.7 Å². The molecule has 2 aromatic rings. The summed E-state index contributed by atoms with van der Waals surface area (Å²) in [4.78, 5) is 27.1. The summed E-state index contributed by atoms with van der Waals surface area (Å²) in [6.45, 7) is 1.54. The van der Waals surface area contributed by atoms with Gasteiger partial charge in [-0.25, -0.2) is 0 Å². The largest absolute Gasteiger partial charge is 0.497 e. The molecule has 1 fully saturated rings. The zero-order valence-corrected chi connectivity index (χ0v) is 18.4. The molecule has 1 heterocycles. The van der Waals surface area contributed by atoms with Crippen molar-refractivity contribution in [1.82, 2.24) is 10.2 Å². The van der Waals surface area contributed by atoms with Gasteiger partial charge in [-0.2, -0.15) is 0 Å². The second-order valence-electron chi connectivity index (χ2n) is 7.30. The van der Waals surface area contributed by atoms with Gasteiger partial charge in [0.25, 0.3) is 5.91 Å². The molecular weight excluding hydrogens is 410 g/mol. The number of amides is 2. The number of hydrogen-bond acceptors (Lipinski definition) is 4. The van der Waals surface area contributed by atoms with Crippen LogP contribution in [-0.4, -0.2) is 42.0 Å². The van der Waals surface area contributed by atoms with Gasteiger partial charge in [-0.05, 0) is 61.0 Å². The topological polar surface area (TPSA) is 70.7 Å². The highest BCUT2D eigenvalue weighted by Crippen LogP contribution is 2.20. The van der Waals surface area contributed by atoms with Crippen molar-refractivity contribution in [3.63, 3.8) is 0 Å². The first-order valence-electron chi connectivity index (χ1n) is 10.4. The number of likely N-dealkylation sites (tertiary alicyclic amines) is 1. The van der Waals surface area contributed by atoms with E-state index in [-0.39, 0.29) is 16.9 Å². The number of anilines is 1. The molecule has 31 heavy (non-hydrogen) atoms. The minimum Gasteiger partial charge on any atom is -0.497 e. The number of ether oxygens (including phenoxy) is 1. The van der Waals surface area contributed by atoms with Gasteiger partial charge in [-0.15, -0.1) is 0 Å². The number of benzene rings is 2. The van der Waals surface area contributed by atoms with E-state index in [1.54, 1.807) is 25.3 Å². The monoisotopic (exact) mass is 437 g/mol. The molecule has 162 valence electrons. The third kappa shape index (κ3) is 6.65. The van der Waals surface area contributed by atoms with Gasteiger partial charge in [-0.3, -0.25) is 14.9 Å². The lowest BCUT2D eigenvalue weighted by atomic mass is 10.1. The third-order valence-corrected chi connectivity index (χ3v) is 5.28. The van der Waals surface area contributed by atoms with Crippen LogP contribution in [0.1, 0.15) is 41.6 Å². The van der Waals surface area contributed by atoms with Crippen LogP contribution in [0.4, 0.5) is 5.69 Å². The maximum Gasteiger partial charge on any atom is 0.255 e. The summed E-state index contributed by atoms with van der Waals surface area (Å²) in [6, 6.07) is 14.6. The van der Waals surface area contributed by atoms with E-state index >= 15 is 0 Å². The molecule has 0 bridgehead atoms. The highest BCUT2D eigenvalue weighted by atomic mass is 32.1. The van der Waals surface area contributed by atoms with Crippen molar-refractivity contribution in [3.8, 4) is 5.75 Å². The van der Waals surface area contributed by atoms with E-state index in [4.69, 9.17) is 17.0 Å². The lowest BCUT2D eigenvalue weighted by Gasteiger charge is -2.22. The van der Waals surface area contributed by atoms with Crippen LogP contribution < -0.4 is 15.4 Å². The highest BCUT2D eigenvalue weighted by Gasteiger charge is 2.20. The Bertz CT molecular complexity index is 949. The summed E-state index contributed by atoms with van der Waals surface area (Å²) in [5.74, 6) is 0.378. The van der Waals surface area contributed by atoms with Crippen LogP contribution in [0.15, 0.2) is 54.6 Å². The maximum atomic E-state index is 13.0. The Balaban J connectivity index is 1.60. The Hall–Kier alpha value is -3.19. The summed E-state index contributed by atoms with van der Waals surface area (Å²) in [6.07, 6.45) is 7.46. The lowest BCUT2D eigenvalue weighted by Crippen LogP contribution is -2.35. The van der Waals surface area contributed by atoms with Gasteiger partial charge in [0.1, 0.15) is 5.75 Å². The molecule has 0 atom stereocenters. The average Bonchev–Trinajstić information content (AvgIpc) is 3.07. The van der Waals surface area contributed by atoms with E-state index in [0.29, 0.717) is 11.3 Å². The van der Waals surface area contributed by atoms with Crippen LogP contribution in [0.3, 0.4) is 0 Å². The first kappa shape index (κ1) is 22.5. The molecule has 0 aromatic heterocycles. The number of methoxy groups -OCH3 is 1. The Morgan fingerprint density at radius 2 is 1.68 bits per heavy atom. The van der Waals surface area contributed by atoms with Gasteiger partial charge in [0.15, 0.2) is 5.11 Å². The number of nitrogens with zero attached hydrogens (tertiary/aromatic N) is 1. The molecule has 2 aromatic carbocycles.